The summed E-state index contributed by atoms with van der Waals surface area (Å²) >= 11 is 0. The Hall–Kier alpha value is -2.11. The van der Waals surface area contributed by atoms with Crippen molar-refractivity contribution < 1.29 is 14.5 Å². The molecular weight excluding hydrogens is 236 g/mol. The summed E-state index contributed by atoms with van der Waals surface area (Å²) in [6.45, 7) is 5.30. The van der Waals surface area contributed by atoms with Crippen LogP contribution in [0, 0.1) is 10.1 Å². The molecule has 98 valence electrons. The third kappa shape index (κ3) is 4.40. The van der Waals surface area contributed by atoms with Gasteiger partial charge in [-0.05, 0) is 20.8 Å². The van der Waals surface area contributed by atoms with Crippen molar-refractivity contribution in [3.63, 3.8) is 0 Å². The molecule has 0 aliphatic carbocycles. The van der Waals surface area contributed by atoms with Crippen molar-refractivity contribution in [1.82, 2.24) is 5.32 Å². The van der Waals surface area contributed by atoms with Gasteiger partial charge in [0.15, 0.2) is 0 Å². The lowest BCUT2D eigenvalue weighted by Gasteiger charge is -2.19. The molecular formula is C12H16N2O4. The van der Waals surface area contributed by atoms with Gasteiger partial charge in [-0.2, -0.15) is 0 Å². The van der Waals surface area contributed by atoms with E-state index in [1.54, 1.807) is 39.0 Å². The van der Waals surface area contributed by atoms with E-state index >= 15 is 0 Å². The van der Waals surface area contributed by atoms with E-state index in [0.717, 1.165) is 0 Å². The normalized spacial score (nSPS) is 10.8. The van der Waals surface area contributed by atoms with Crippen molar-refractivity contribution in [3.8, 4) is 0 Å². The first-order chi connectivity index (χ1) is 8.29. The van der Waals surface area contributed by atoms with Crippen LogP contribution in [-0.2, 0) is 11.3 Å². The van der Waals surface area contributed by atoms with Crippen LogP contribution in [0.5, 0.6) is 0 Å². The maximum atomic E-state index is 11.4. The lowest BCUT2D eigenvalue weighted by atomic mass is 10.2. The van der Waals surface area contributed by atoms with E-state index in [0.29, 0.717) is 5.56 Å². The van der Waals surface area contributed by atoms with Gasteiger partial charge in [0.25, 0.3) is 5.69 Å². The number of nitrogens with zero attached hydrogens (tertiary/aromatic N) is 1. The Labute approximate surface area is 105 Å². The van der Waals surface area contributed by atoms with Crippen LogP contribution in [0.1, 0.15) is 26.3 Å². The number of hydrogen-bond acceptors (Lipinski definition) is 4. The Morgan fingerprint density at radius 2 is 2.00 bits per heavy atom. The van der Waals surface area contributed by atoms with E-state index in [1.807, 2.05) is 0 Å². The predicted octanol–water partition coefficient (Wildman–Crippen LogP) is 2.62. The van der Waals surface area contributed by atoms with Crippen LogP contribution in [0.25, 0.3) is 0 Å². The highest BCUT2D eigenvalue weighted by molar-refractivity contribution is 5.67. The molecule has 0 atom stereocenters. The molecule has 0 aromatic heterocycles. The summed E-state index contributed by atoms with van der Waals surface area (Å²) in [7, 11) is 0. The average Bonchev–Trinajstić information content (AvgIpc) is 2.24. The highest BCUT2D eigenvalue weighted by atomic mass is 16.6. The lowest BCUT2D eigenvalue weighted by molar-refractivity contribution is -0.385. The number of ether oxygens (including phenoxy) is 1. The smallest absolute Gasteiger partial charge is 0.407 e. The monoisotopic (exact) mass is 252 g/mol. The molecule has 0 saturated heterocycles. The zero-order valence-electron chi connectivity index (χ0n) is 10.6. The first-order valence-corrected chi connectivity index (χ1v) is 5.49. The molecule has 0 spiro atoms. The number of nitro groups is 1. The first kappa shape index (κ1) is 14.0. The van der Waals surface area contributed by atoms with Crippen LogP contribution in [0.15, 0.2) is 24.3 Å². The second kappa shape index (κ2) is 5.48. The van der Waals surface area contributed by atoms with Crippen LogP contribution < -0.4 is 5.32 Å². The zero-order valence-corrected chi connectivity index (χ0v) is 10.6. The third-order valence-electron chi connectivity index (χ3n) is 2.01. The van der Waals surface area contributed by atoms with Crippen LogP contribution >= 0.6 is 0 Å². The maximum Gasteiger partial charge on any atom is 0.407 e. The number of nitrogens with one attached hydrogen (secondary N) is 1. The summed E-state index contributed by atoms with van der Waals surface area (Å²) in [4.78, 5) is 21.7. The van der Waals surface area contributed by atoms with Crippen molar-refractivity contribution in [3.05, 3.63) is 39.9 Å². The van der Waals surface area contributed by atoms with Gasteiger partial charge in [0.05, 0.1) is 11.5 Å². The van der Waals surface area contributed by atoms with Gasteiger partial charge < -0.3 is 10.1 Å². The van der Waals surface area contributed by atoms with Crippen molar-refractivity contribution in [2.45, 2.75) is 32.9 Å². The van der Waals surface area contributed by atoms with Crippen molar-refractivity contribution in [2.75, 3.05) is 0 Å². The maximum absolute atomic E-state index is 11.4. The Balaban J connectivity index is 2.64. The lowest BCUT2D eigenvalue weighted by Crippen LogP contribution is -2.32. The molecule has 0 heterocycles. The minimum absolute atomic E-state index is 0.0199. The summed E-state index contributed by atoms with van der Waals surface area (Å²) < 4.78 is 5.04. The highest BCUT2D eigenvalue weighted by Crippen LogP contribution is 2.17. The van der Waals surface area contributed by atoms with Gasteiger partial charge in [0, 0.05) is 11.6 Å². The Morgan fingerprint density at radius 3 is 2.56 bits per heavy atom. The Bertz CT molecular complexity index is 452. The van der Waals surface area contributed by atoms with Crippen LogP contribution in [0.3, 0.4) is 0 Å². The molecule has 0 aliphatic heterocycles. The number of amides is 1. The molecule has 0 bridgehead atoms. The quantitative estimate of drug-likeness (QED) is 0.662. The number of alkyl carbamates (subject to hydrolysis) is 1. The largest absolute Gasteiger partial charge is 0.444 e. The predicted molar refractivity (Wildman–Crippen MR) is 66.2 cm³/mol. The van der Waals surface area contributed by atoms with Crippen molar-refractivity contribution in [1.29, 1.82) is 0 Å². The van der Waals surface area contributed by atoms with Gasteiger partial charge in [-0.15, -0.1) is 0 Å². The number of carbonyl (C=O) groups is 1. The highest BCUT2D eigenvalue weighted by Gasteiger charge is 2.17. The van der Waals surface area contributed by atoms with E-state index in [4.69, 9.17) is 4.74 Å². The number of para-hydroxylation sites is 1. The molecule has 1 N–H and O–H groups in total. The Kier molecular flexibility index (Phi) is 4.25. The van der Waals surface area contributed by atoms with Gasteiger partial charge in [-0.25, -0.2) is 4.79 Å². The van der Waals surface area contributed by atoms with Gasteiger partial charge >= 0.3 is 6.09 Å². The van der Waals surface area contributed by atoms with E-state index in [1.165, 1.54) is 6.07 Å². The average molecular weight is 252 g/mol. The fourth-order valence-corrected chi connectivity index (χ4v) is 1.32. The fraction of sp³-hybridized carbons (Fsp3) is 0.417. The topological polar surface area (TPSA) is 81.5 Å². The van der Waals surface area contributed by atoms with Gasteiger partial charge in [-0.3, -0.25) is 10.1 Å². The molecule has 18 heavy (non-hydrogen) atoms. The zero-order chi connectivity index (χ0) is 13.8. The molecule has 0 radical (unpaired) electrons. The molecule has 1 amide bonds. The minimum Gasteiger partial charge on any atom is -0.444 e. The standard InChI is InChI=1S/C12H16N2O4/c1-12(2,3)18-11(15)13-8-9-6-4-5-7-10(9)14(16)17/h4-7H,8H2,1-3H3,(H,13,15). The van der Waals surface area contributed by atoms with Gasteiger partial charge in [0.1, 0.15) is 5.60 Å². The second-order valence-electron chi connectivity index (χ2n) is 4.74. The first-order valence-electron chi connectivity index (χ1n) is 5.49. The summed E-state index contributed by atoms with van der Waals surface area (Å²) in [5, 5.41) is 13.2. The van der Waals surface area contributed by atoms with E-state index < -0.39 is 16.6 Å². The summed E-state index contributed by atoms with van der Waals surface area (Å²) in [6, 6.07) is 6.25. The van der Waals surface area contributed by atoms with E-state index in [9.17, 15) is 14.9 Å². The summed E-state index contributed by atoms with van der Waals surface area (Å²) in [6.07, 6.45) is -0.597. The van der Waals surface area contributed by atoms with E-state index in [-0.39, 0.29) is 12.2 Å². The van der Waals surface area contributed by atoms with Gasteiger partial charge in [-0.1, -0.05) is 18.2 Å². The van der Waals surface area contributed by atoms with E-state index in [2.05, 4.69) is 5.32 Å². The SMILES string of the molecule is CC(C)(C)OC(=O)NCc1ccccc1[N+](=O)[O-]. The van der Waals surface area contributed by atoms with Crippen molar-refractivity contribution in [2.24, 2.45) is 0 Å². The molecule has 0 aliphatic rings. The van der Waals surface area contributed by atoms with Gasteiger partial charge in [0.2, 0.25) is 0 Å². The summed E-state index contributed by atoms with van der Waals surface area (Å²) in [5.74, 6) is 0. The molecule has 6 heteroatoms. The second-order valence-corrected chi connectivity index (χ2v) is 4.74. The molecule has 0 saturated carbocycles. The van der Waals surface area contributed by atoms with Crippen LogP contribution in [0.2, 0.25) is 0 Å². The Morgan fingerprint density at radius 1 is 1.39 bits per heavy atom. The minimum atomic E-state index is -0.597. The molecule has 1 aromatic rings. The van der Waals surface area contributed by atoms with Crippen molar-refractivity contribution >= 4 is 11.8 Å². The van der Waals surface area contributed by atoms with Crippen LogP contribution in [-0.4, -0.2) is 16.6 Å². The molecule has 0 fully saturated rings. The fourth-order valence-electron chi connectivity index (χ4n) is 1.32. The number of hydrogen-bond donors (Lipinski definition) is 1. The molecule has 1 aromatic carbocycles. The molecule has 0 unspecified atom stereocenters. The molecule has 6 nitrogen and oxygen atoms in total. The third-order valence-corrected chi connectivity index (χ3v) is 2.01. The number of carbonyl (C=O) groups excluding carboxylic acids is 1. The number of benzene rings is 1. The molecule has 1 rings (SSSR count). The number of rotatable bonds is 3. The van der Waals surface area contributed by atoms with Crippen LogP contribution in [0.4, 0.5) is 10.5 Å². The summed E-state index contributed by atoms with van der Waals surface area (Å²) in [5.41, 5.74) is -0.172. The number of nitro benzene ring substituents is 1.